The average Bonchev–Trinajstić information content (AvgIpc) is 2.95. The van der Waals surface area contributed by atoms with Crippen LogP contribution in [0.1, 0.15) is 30.1 Å². The van der Waals surface area contributed by atoms with Gasteiger partial charge in [-0.3, -0.25) is 4.79 Å². The van der Waals surface area contributed by atoms with Crippen molar-refractivity contribution in [1.82, 2.24) is 5.32 Å². The maximum Gasteiger partial charge on any atom is 0.340 e. The second-order valence-corrected chi connectivity index (χ2v) is 4.96. The van der Waals surface area contributed by atoms with Gasteiger partial charge < -0.3 is 20.7 Å². The predicted molar refractivity (Wildman–Crippen MR) is 81.2 cm³/mol. The van der Waals surface area contributed by atoms with Gasteiger partial charge in [0, 0.05) is 19.3 Å². The molecular weight excluding hydrogens is 270 g/mol. The molecule has 0 aromatic heterocycles. The molecule has 1 fully saturated rings. The van der Waals surface area contributed by atoms with Crippen LogP contribution in [-0.4, -0.2) is 38.1 Å². The quantitative estimate of drug-likeness (QED) is 0.642. The van der Waals surface area contributed by atoms with Crippen molar-refractivity contribution < 1.29 is 14.3 Å². The number of carbonyl (C=O) groups is 2. The number of hydrogen-bond donors (Lipinski definition) is 2. The van der Waals surface area contributed by atoms with Crippen LogP contribution in [0.3, 0.4) is 0 Å². The Kier molecular flexibility index (Phi) is 4.67. The molecule has 21 heavy (non-hydrogen) atoms. The molecule has 0 aliphatic carbocycles. The Balaban J connectivity index is 2.38. The van der Waals surface area contributed by atoms with Crippen molar-refractivity contribution in [2.75, 3.05) is 30.8 Å². The number of hydrogen-bond acceptors (Lipinski definition) is 5. The Labute approximate surface area is 124 Å². The number of likely N-dealkylation sites (N-methyl/N-ethyl adjacent to an activating group) is 1. The molecule has 0 bridgehead atoms. The molecule has 2 rings (SSSR count). The number of rotatable bonds is 4. The molecular formula is C15H21N3O3. The van der Waals surface area contributed by atoms with Crippen molar-refractivity contribution in [3.05, 3.63) is 23.8 Å². The van der Waals surface area contributed by atoms with Crippen LogP contribution < -0.4 is 16.0 Å². The lowest BCUT2D eigenvalue weighted by Gasteiger charge is -2.27. The second kappa shape index (κ2) is 6.47. The first kappa shape index (κ1) is 15.2. The van der Waals surface area contributed by atoms with Crippen molar-refractivity contribution in [2.24, 2.45) is 0 Å². The lowest BCUT2D eigenvalue weighted by molar-refractivity contribution is -0.121. The number of ether oxygens (including phenoxy) is 1. The zero-order valence-corrected chi connectivity index (χ0v) is 12.4. The van der Waals surface area contributed by atoms with Gasteiger partial charge in [0.05, 0.1) is 17.9 Å². The van der Waals surface area contributed by atoms with E-state index in [0.717, 1.165) is 19.4 Å². The van der Waals surface area contributed by atoms with Crippen LogP contribution in [0.2, 0.25) is 0 Å². The van der Waals surface area contributed by atoms with E-state index in [1.54, 1.807) is 32.2 Å². The summed E-state index contributed by atoms with van der Waals surface area (Å²) in [6, 6.07) is 4.86. The van der Waals surface area contributed by atoms with Crippen LogP contribution >= 0.6 is 0 Å². The van der Waals surface area contributed by atoms with Crippen molar-refractivity contribution in [3.63, 3.8) is 0 Å². The molecule has 0 radical (unpaired) electrons. The van der Waals surface area contributed by atoms with Gasteiger partial charge in [0.1, 0.15) is 6.04 Å². The molecule has 1 heterocycles. The number of nitrogens with two attached hydrogens (primary N) is 1. The van der Waals surface area contributed by atoms with Gasteiger partial charge >= 0.3 is 5.97 Å². The summed E-state index contributed by atoms with van der Waals surface area (Å²) < 4.78 is 5.08. The Bertz CT molecular complexity index is 545. The van der Waals surface area contributed by atoms with Crippen LogP contribution in [0, 0.1) is 0 Å². The van der Waals surface area contributed by atoms with Crippen LogP contribution in [0.15, 0.2) is 18.2 Å². The van der Waals surface area contributed by atoms with Gasteiger partial charge in [-0.25, -0.2) is 4.79 Å². The standard InChI is InChI=1S/C15H21N3O3/c1-3-21-15(20)11-9-10(16)6-7-12(11)18-8-4-5-13(18)14(19)17-2/h6-7,9,13H,3-5,8,16H2,1-2H3,(H,17,19). The lowest BCUT2D eigenvalue weighted by Crippen LogP contribution is -2.42. The number of esters is 1. The van der Waals surface area contributed by atoms with Gasteiger partial charge in [-0.1, -0.05) is 0 Å². The van der Waals surface area contributed by atoms with E-state index < -0.39 is 5.97 Å². The summed E-state index contributed by atoms with van der Waals surface area (Å²) >= 11 is 0. The Morgan fingerprint density at radius 2 is 2.24 bits per heavy atom. The molecule has 1 aromatic rings. The van der Waals surface area contributed by atoms with E-state index in [-0.39, 0.29) is 11.9 Å². The van der Waals surface area contributed by atoms with Crippen LogP contribution in [0.4, 0.5) is 11.4 Å². The minimum absolute atomic E-state index is 0.0425. The molecule has 1 aliphatic rings. The highest BCUT2D eigenvalue weighted by Gasteiger charge is 2.32. The summed E-state index contributed by atoms with van der Waals surface area (Å²) in [7, 11) is 1.62. The number of amides is 1. The molecule has 0 spiro atoms. The average molecular weight is 291 g/mol. The monoisotopic (exact) mass is 291 g/mol. The van der Waals surface area contributed by atoms with Crippen molar-refractivity contribution in [2.45, 2.75) is 25.8 Å². The highest BCUT2D eigenvalue weighted by molar-refractivity contribution is 5.98. The number of nitrogens with one attached hydrogen (secondary N) is 1. The first-order valence-electron chi connectivity index (χ1n) is 7.13. The fourth-order valence-corrected chi connectivity index (χ4v) is 2.67. The van der Waals surface area contributed by atoms with Gasteiger partial charge in [-0.05, 0) is 38.0 Å². The summed E-state index contributed by atoms with van der Waals surface area (Å²) in [5, 5.41) is 2.67. The summed E-state index contributed by atoms with van der Waals surface area (Å²) in [4.78, 5) is 26.0. The van der Waals surface area contributed by atoms with Crippen LogP contribution in [-0.2, 0) is 9.53 Å². The minimum Gasteiger partial charge on any atom is -0.462 e. The van der Waals surface area contributed by atoms with Gasteiger partial charge in [-0.2, -0.15) is 0 Å². The van der Waals surface area contributed by atoms with E-state index in [0.29, 0.717) is 23.5 Å². The first-order chi connectivity index (χ1) is 10.1. The van der Waals surface area contributed by atoms with Gasteiger partial charge in [0.2, 0.25) is 5.91 Å². The summed E-state index contributed by atoms with van der Waals surface area (Å²) in [6.07, 6.45) is 1.68. The number of nitrogen functional groups attached to an aromatic ring is 1. The summed E-state index contributed by atoms with van der Waals surface area (Å²) in [6.45, 7) is 2.79. The van der Waals surface area contributed by atoms with Gasteiger partial charge in [0.15, 0.2) is 0 Å². The van der Waals surface area contributed by atoms with E-state index in [1.807, 2.05) is 4.90 Å². The first-order valence-corrected chi connectivity index (χ1v) is 7.13. The molecule has 3 N–H and O–H groups in total. The summed E-state index contributed by atoms with van der Waals surface area (Å²) in [5.74, 6) is -0.457. The molecule has 114 valence electrons. The topological polar surface area (TPSA) is 84.7 Å². The molecule has 0 saturated carbocycles. The molecule has 1 atom stereocenters. The molecule has 1 amide bonds. The third kappa shape index (κ3) is 3.09. The third-order valence-electron chi connectivity index (χ3n) is 3.63. The number of nitrogens with zero attached hydrogens (tertiary/aromatic N) is 1. The molecule has 1 aliphatic heterocycles. The van der Waals surface area contributed by atoms with Gasteiger partial charge in [0.25, 0.3) is 0 Å². The van der Waals surface area contributed by atoms with Crippen molar-refractivity contribution in [3.8, 4) is 0 Å². The van der Waals surface area contributed by atoms with Crippen molar-refractivity contribution >= 4 is 23.3 Å². The Morgan fingerprint density at radius 3 is 2.90 bits per heavy atom. The third-order valence-corrected chi connectivity index (χ3v) is 3.63. The largest absolute Gasteiger partial charge is 0.462 e. The van der Waals surface area contributed by atoms with Crippen LogP contribution in [0.25, 0.3) is 0 Å². The fourth-order valence-electron chi connectivity index (χ4n) is 2.67. The van der Waals surface area contributed by atoms with Gasteiger partial charge in [-0.15, -0.1) is 0 Å². The lowest BCUT2D eigenvalue weighted by atomic mass is 10.1. The normalized spacial score (nSPS) is 17.6. The summed E-state index contributed by atoms with van der Waals surface area (Å²) in [5.41, 5.74) is 7.39. The van der Waals surface area contributed by atoms with E-state index in [9.17, 15) is 9.59 Å². The van der Waals surface area contributed by atoms with E-state index in [2.05, 4.69) is 5.32 Å². The fraction of sp³-hybridized carbons (Fsp3) is 0.467. The maximum absolute atomic E-state index is 12.1. The highest BCUT2D eigenvalue weighted by Crippen LogP contribution is 2.30. The van der Waals surface area contributed by atoms with E-state index >= 15 is 0 Å². The molecule has 1 aromatic carbocycles. The van der Waals surface area contributed by atoms with E-state index in [4.69, 9.17) is 10.5 Å². The van der Waals surface area contributed by atoms with Crippen molar-refractivity contribution in [1.29, 1.82) is 0 Å². The van der Waals surface area contributed by atoms with Crippen LogP contribution in [0.5, 0.6) is 0 Å². The zero-order chi connectivity index (χ0) is 15.4. The molecule has 6 heteroatoms. The SMILES string of the molecule is CCOC(=O)c1cc(N)ccc1N1CCCC1C(=O)NC. The number of anilines is 2. The predicted octanol–water partition coefficient (Wildman–Crippen LogP) is 1.16. The Hall–Kier alpha value is -2.24. The molecule has 6 nitrogen and oxygen atoms in total. The number of benzene rings is 1. The smallest absolute Gasteiger partial charge is 0.340 e. The molecule has 1 unspecified atom stereocenters. The molecule has 1 saturated heterocycles. The second-order valence-electron chi connectivity index (χ2n) is 4.96. The Morgan fingerprint density at radius 1 is 1.48 bits per heavy atom. The number of carbonyl (C=O) groups excluding carboxylic acids is 2. The zero-order valence-electron chi connectivity index (χ0n) is 12.4. The highest BCUT2D eigenvalue weighted by atomic mass is 16.5. The maximum atomic E-state index is 12.1. The van der Waals surface area contributed by atoms with E-state index in [1.165, 1.54) is 0 Å². The minimum atomic E-state index is -0.414.